The molecule has 0 amide bonds. The van der Waals surface area contributed by atoms with Crippen molar-refractivity contribution in [2.24, 2.45) is 0 Å². The highest BCUT2D eigenvalue weighted by molar-refractivity contribution is 5.89. The van der Waals surface area contributed by atoms with Crippen LogP contribution < -0.4 is 0 Å². The van der Waals surface area contributed by atoms with Gasteiger partial charge >= 0.3 is 11.9 Å². The van der Waals surface area contributed by atoms with Crippen LogP contribution in [0.3, 0.4) is 0 Å². The van der Waals surface area contributed by atoms with Crippen LogP contribution in [-0.2, 0) is 9.53 Å². The number of pyridine rings is 1. The Morgan fingerprint density at radius 2 is 2.25 bits per heavy atom. The van der Waals surface area contributed by atoms with Crippen molar-refractivity contribution in [1.29, 1.82) is 0 Å². The molecule has 0 radical (unpaired) electrons. The summed E-state index contributed by atoms with van der Waals surface area (Å²) in [5.74, 6) is -2.93. The summed E-state index contributed by atoms with van der Waals surface area (Å²) in [6.45, 7) is 0. The molecule has 0 bridgehead atoms. The van der Waals surface area contributed by atoms with E-state index >= 15 is 0 Å². The Labute approximate surface area is 90.2 Å². The third-order valence-corrected chi connectivity index (χ3v) is 1.70. The zero-order valence-corrected chi connectivity index (χ0v) is 8.31. The SMILES string of the molecule is COC(=O)C=Cc1cc(C(=O)O)c(F)cn1. The first kappa shape index (κ1) is 11.8. The number of nitrogens with zero attached hydrogens (tertiary/aromatic N) is 1. The molecule has 0 aliphatic heterocycles. The minimum atomic E-state index is -1.40. The number of methoxy groups -OCH3 is 1. The average molecular weight is 225 g/mol. The Kier molecular flexibility index (Phi) is 3.71. The predicted octanol–water partition coefficient (Wildman–Crippen LogP) is 1.11. The van der Waals surface area contributed by atoms with Crippen LogP contribution in [0.25, 0.3) is 6.08 Å². The van der Waals surface area contributed by atoms with Gasteiger partial charge in [0, 0.05) is 6.08 Å². The first-order valence-electron chi connectivity index (χ1n) is 4.19. The van der Waals surface area contributed by atoms with Crippen molar-refractivity contribution in [2.75, 3.05) is 7.11 Å². The van der Waals surface area contributed by atoms with Crippen molar-refractivity contribution in [3.63, 3.8) is 0 Å². The van der Waals surface area contributed by atoms with Crippen LogP contribution in [0.2, 0.25) is 0 Å². The van der Waals surface area contributed by atoms with Gasteiger partial charge < -0.3 is 9.84 Å². The number of aromatic nitrogens is 1. The number of carboxylic acid groups (broad SMARTS) is 1. The summed E-state index contributed by atoms with van der Waals surface area (Å²) >= 11 is 0. The van der Waals surface area contributed by atoms with Gasteiger partial charge in [-0.3, -0.25) is 4.98 Å². The minimum Gasteiger partial charge on any atom is -0.478 e. The molecule has 16 heavy (non-hydrogen) atoms. The third-order valence-electron chi connectivity index (χ3n) is 1.70. The molecular formula is C10H8FNO4. The Morgan fingerprint density at radius 3 is 2.81 bits per heavy atom. The van der Waals surface area contributed by atoms with E-state index in [2.05, 4.69) is 9.72 Å². The van der Waals surface area contributed by atoms with E-state index < -0.39 is 23.3 Å². The fourth-order valence-electron chi connectivity index (χ4n) is 0.931. The fourth-order valence-corrected chi connectivity index (χ4v) is 0.931. The second-order valence-electron chi connectivity index (χ2n) is 2.75. The van der Waals surface area contributed by atoms with Crippen LogP contribution in [-0.4, -0.2) is 29.1 Å². The smallest absolute Gasteiger partial charge is 0.338 e. The first-order chi connectivity index (χ1) is 7.54. The molecule has 5 nitrogen and oxygen atoms in total. The maximum atomic E-state index is 12.9. The minimum absolute atomic E-state index is 0.157. The van der Waals surface area contributed by atoms with Gasteiger partial charge in [-0.05, 0) is 12.1 Å². The molecule has 6 heteroatoms. The summed E-state index contributed by atoms with van der Waals surface area (Å²) < 4.78 is 17.3. The Morgan fingerprint density at radius 1 is 1.56 bits per heavy atom. The molecule has 0 saturated carbocycles. The number of hydrogen-bond acceptors (Lipinski definition) is 4. The number of aromatic carboxylic acids is 1. The van der Waals surface area contributed by atoms with E-state index in [0.717, 1.165) is 18.3 Å². The number of esters is 1. The summed E-state index contributed by atoms with van der Waals surface area (Å²) in [5.41, 5.74) is -0.344. The van der Waals surface area contributed by atoms with E-state index in [9.17, 15) is 14.0 Å². The predicted molar refractivity (Wildman–Crippen MR) is 52.2 cm³/mol. The largest absolute Gasteiger partial charge is 0.478 e. The normalized spacial score (nSPS) is 10.4. The highest BCUT2D eigenvalue weighted by Gasteiger charge is 2.10. The number of carbonyl (C=O) groups is 2. The Bertz CT molecular complexity index is 456. The van der Waals surface area contributed by atoms with Crippen molar-refractivity contribution in [3.8, 4) is 0 Å². The quantitative estimate of drug-likeness (QED) is 0.615. The monoisotopic (exact) mass is 225 g/mol. The van der Waals surface area contributed by atoms with Gasteiger partial charge in [0.2, 0.25) is 0 Å². The van der Waals surface area contributed by atoms with Crippen LogP contribution in [0.5, 0.6) is 0 Å². The number of carboxylic acids is 1. The molecule has 0 spiro atoms. The standard InChI is InChI=1S/C10H8FNO4/c1-16-9(13)3-2-6-4-7(10(14)15)8(11)5-12-6/h2-5H,1H3,(H,14,15). The molecule has 0 unspecified atom stereocenters. The van der Waals surface area contributed by atoms with Gasteiger partial charge in [-0.1, -0.05) is 0 Å². The molecule has 1 N–H and O–H groups in total. The van der Waals surface area contributed by atoms with E-state index in [1.165, 1.54) is 13.2 Å². The maximum Gasteiger partial charge on any atom is 0.338 e. The molecule has 0 aliphatic carbocycles. The first-order valence-corrected chi connectivity index (χ1v) is 4.19. The summed E-state index contributed by atoms with van der Waals surface area (Å²) in [4.78, 5) is 24.9. The fraction of sp³-hybridized carbons (Fsp3) is 0.100. The number of ether oxygens (including phenoxy) is 1. The number of carbonyl (C=O) groups excluding carboxylic acids is 1. The molecule has 1 aromatic rings. The maximum absolute atomic E-state index is 12.9. The van der Waals surface area contributed by atoms with Crippen LogP contribution in [0.4, 0.5) is 4.39 Å². The summed E-state index contributed by atoms with van der Waals surface area (Å²) in [7, 11) is 1.20. The van der Waals surface area contributed by atoms with Gasteiger partial charge in [-0.25, -0.2) is 14.0 Å². The number of halogens is 1. The molecule has 0 aliphatic rings. The lowest BCUT2D eigenvalue weighted by Gasteiger charge is -1.98. The average Bonchev–Trinajstić information content (AvgIpc) is 2.27. The van der Waals surface area contributed by atoms with Gasteiger partial charge in [0.15, 0.2) is 5.82 Å². The van der Waals surface area contributed by atoms with E-state index in [0.29, 0.717) is 0 Å². The van der Waals surface area contributed by atoms with Gasteiger partial charge in [-0.15, -0.1) is 0 Å². The topological polar surface area (TPSA) is 76.5 Å². The van der Waals surface area contributed by atoms with Crippen LogP contribution in [0.1, 0.15) is 16.1 Å². The van der Waals surface area contributed by atoms with Crippen molar-refractivity contribution in [3.05, 3.63) is 35.4 Å². The zero-order valence-electron chi connectivity index (χ0n) is 8.31. The van der Waals surface area contributed by atoms with E-state index in [4.69, 9.17) is 5.11 Å². The van der Waals surface area contributed by atoms with Gasteiger partial charge in [-0.2, -0.15) is 0 Å². The van der Waals surface area contributed by atoms with Crippen LogP contribution in [0, 0.1) is 5.82 Å². The van der Waals surface area contributed by atoms with Gasteiger partial charge in [0.05, 0.1) is 24.6 Å². The zero-order chi connectivity index (χ0) is 12.1. The Balaban J connectivity index is 2.99. The summed E-state index contributed by atoms with van der Waals surface area (Å²) in [5, 5.41) is 8.63. The number of rotatable bonds is 3. The van der Waals surface area contributed by atoms with E-state index in [1.54, 1.807) is 0 Å². The second-order valence-corrected chi connectivity index (χ2v) is 2.75. The molecule has 1 aromatic heterocycles. The summed E-state index contributed by atoms with van der Waals surface area (Å²) in [6, 6.07) is 1.02. The molecule has 1 rings (SSSR count). The number of hydrogen-bond donors (Lipinski definition) is 1. The van der Waals surface area contributed by atoms with Crippen molar-refractivity contribution < 1.29 is 23.8 Å². The molecule has 84 valence electrons. The van der Waals surface area contributed by atoms with Crippen molar-refractivity contribution in [2.45, 2.75) is 0 Å². The van der Waals surface area contributed by atoms with E-state index in [-0.39, 0.29) is 5.69 Å². The van der Waals surface area contributed by atoms with E-state index in [1.807, 2.05) is 0 Å². The molecule has 0 atom stereocenters. The van der Waals surface area contributed by atoms with Crippen LogP contribution >= 0.6 is 0 Å². The van der Waals surface area contributed by atoms with Crippen LogP contribution in [0.15, 0.2) is 18.3 Å². The lowest BCUT2D eigenvalue weighted by atomic mass is 10.2. The molecule has 0 saturated heterocycles. The highest BCUT2D eigenvalue weighted by atomic mass is 19.1. The molecule has 0 aromatic carbocycles. The molecule has 1 heterocycles. The van der Waals surface area contributed by atoms with Crippen molar-refractivity contribution in [1.82, 2.24) is 4.98 Å². The lowest BCUT2D eigenvalue weighted by molar-refractivity contribution is -0.134. The Hall–Kier alpha value is -2.24. The van der Waals surface area contributed by atoms with Crippen molar-refractivity contribution >= 4 is 18.0 Å². The summed E-state index contributed by atoms with van der Waals surface area (Å²) in [6.07, 6.45) is 3.07. The third kappa shape index (κ3) is 2.88. The molecular weight excluding hydrogens is 217 g/mol. The molecule has 0 fully saturated rings. The second kappa shape index (κ2) is 5.01. The van der Waals surface area contributed by atoms with Gasteiger partial charge in [0.1, 0.15) is 0 Å². The van der Waals surface area contributed by atoms with Gasteiger partial charge in [0.25, 0.3) is 0 Å². The highest BCUT2D eigenvalue weighted by Crippen LogP contribution is 2.09. The lowest BCUT2D eigenvalue weighted by Crippen LogP contribution is -2.02.